The van der Waals surface area contributed by atoms with E-state index in [1.165, 1.54) is 0 Å². The minimum Gasteiger partial charge on any atom is -0.455 e. The second-order valence-corrected chi connectivity index (χ2v) is 8.24. The van der Waals surface area contributed by atoms with Gasteiger partial charge >= 0.3 is 6.03 Å². The van der Waals surface area contributed by atoms with Crippen LogP contribution in [0.15, 0.2) is 83.3 Å². The molecule has 1 aliphatic heterocycles. The summed E-state index contributed by atoms with van der Waals surface area (Å²) in [6.45, 7) is 1.19. The van der Waals surface area contributed by atoms with Crippen molar-refractivity contribution in [2.45, 2.75) is 12.5 Å². The number of carbonyl (C=O) groups is 3. The molecule has 1 fully saturated rings. The van der Waals surface area contributed by atoms with Crippen LogP contribution in [0.1, 0.15) is 12.5 Å². The van der Waals surface area contributed by atoms with Crippen LogP contribution < -0.4 is 15.4 Å². The largest absolute Gasteiger partial charge is 0.455 e. The fraction of sp³-hybridized carbons (Fsp3) is 0.125. The van der Waals surface area contributed by atoms with Gasteiger partial charge in [-0.05, 0) is 37.3 Å². The van der Waals surface area contributed by atoms with E-state index >= 15 is 0 Å². The number of halogens is 1. The van der Waals surface area contributed by atoms with Crippen molar-refractivity contribution >= 4 is 39.5 Å². The lowest BCUT2D eigenvalue weighted by atomic mass is 9.92. The Morgan fingerprint density at radius 3 is 2.41 bits per heavy atom. The van der Waals surface area contributed by atoms with Crippen LogP contribution in [-0.2, 0) is 15.1 Å². The Balaban J connectivity index is 1.49. The maximum atomic E-state index is 13.1. The van der Waals surface area contributed by atoms with Gasteiger partial charge in [0.1, 0.15) is 17.8 Å². The zero-order valence-electron chi connectivity index (χ0n) is 17.2. The van der Waals surface area contributed by atoms with E-state index in [2.05, 4.69) is 26.6 Å². The van der Waals surface area contributed by atoms with Gasteiger partial charge in [-0.15, -0.1) is 0 Å². The van der Waals surface area contributed by atoms with Crippen LogP contribution in [-0.4, -0.2) is 29.3 Å². The zero-order chi connectivity index (χ0) is 22.7. The molecule has 0 saturated carbocycles. The van der Waals surface area contributed by atoms with Gasteiger partial charge in [0.15, 0.2) is 5.75 Å². The zero-order valence-corrected chi connectivity index (χ0v) is 18.8. The van der Waals surface area contributed by atoms with E-state index in [-0.39, 0.29) is 0 Å². The van der Waals surface area contributed by atoms with Gasteiger partial charge in [-0.1, -0.05) is 64.5 Å². The molecule has 32 heavy (non-hydrogen) atoms. The number of anilines is 1. The Hall–Kier alpha value is -3.65. The molecule has 4 rings (SSSR count). The van der Waals surface area contributed by atoms with Crippen molar-refractivity contribution in [1.82, 2.24) is 10.2 Å². The average Bonchev–Trinajstić information content (AvgIpc) is 3.00. The van der Waals surface area contributed by atoms with Gasteiger partial charge in [-0.2, -0.15) is 0 Å². The van der Waals surface area contributed by atoms with Crippen molar-refractivity contribution in [3.05, 3.63) is 88.9 Å². The Morgan fingerprint density at radius 2 is 1.66 bits per heavy atom. The predicted molar refractivity (Wildman–Crippen MR) is 123 cm³/mol. The number of imide groups is 1. The number of amides is 4. The number of para-hydroxylation sites is 3. The fourth-order valence-electron chi connectivity index (χ4n) is 3.50. The Bertz CT molecular complexity index is 1180. The van der Waals surface area contributed by atoms with E-state index in [9.17, 15) is 14.4 Å². The second kappa shape index (κ2) is 8.84. The van der Waals surface area contributed by atoms with Crippen molar-refractivity contribution in [2.24, 2.45) is 0 Å². The molecule has 1 saturated heterocycles. The lowest BCUT2D eigenvalue weighted by Crippen LogP contribution is -2.42. The summed E-state index contributed by atoms with van der Waals surface area (Å²) >= 11 is 3.42. The molecule has 7 nitrogen and oxygen atoms in total. The topological polar surface area (TPSA) is 87.7 Å². The van der Waals surface area contributed by atoms with Crippen molar-refractivity contribution < 1.29 is 19.1 Å². The Kier molecular flexibility index (Phi) is 5.96. The molecule has 3 aromatic rings. The van der Waals surface area contributed by atoms with Crippen LogP contribution >= 0.6 is 15.9 Å². The third-order valence-electron chi connectivity index (χ3n) is 5.12. The van der Waals surface area contributed by atoms with E-state index < -0.39 is 29.9 Å². The maximum absolute atomic E-state index is 13.1. The molecule has 0 aliphatic carbocycles. The molecular weight excluding hydrogens is 474 g/mol. The van der Waals surface area contributed by atoms with Gasteiger partial charge < -0.3 is 15.4 Å². The first-order valence-corrected chi connectivity index (χ1v) is 10.7. The van der Waals surface area contributed by atoms with E-state index in [4.69, 9.17) is 4.74 Å². The lowest BCUT2D eigenvalue weighted by Gasteiger charge is -2.23. The van der Waals surface area contributed by atoms with Crippen LogP contribution in [0.3, 0.4) is 0 Å². The molecule has 8 heteroatoms. The predicted octanol–water partition coefficient (Wildman–Crippen LogP) is 4.65. The maximum Gasteiger partial charge on any atom is 0.325 e. The van der Waals surface area contributed by atoms with E-state index in [1.807, 2.05) is 24.3 Å². The molecule has 4 amide bonds. The van der Waals surface area contributed by atoms with Crippen molar-refractivity contribution in [3.63, 3.8) is 0 Å². The van der Waals surface area contributed by atoms with Gasteiger partial charge in [0, 0.05) is 10.0 Å². The highest BCUT2D eigenvalue weighted by Gasteiger charge is 2.50. The number of nitrogens with one attached hydrogen (secondary N) is 2. The van der Waals surface area contributed by atoms with Gasteiger partial charge in [0.25, 0.3) is 5.91 Å². The van der Waals surface area contributed by atoms with E-state index in [0.29, 0.717) is 27.2 Å². The van der Waals surface area contributed by atoms with Crippen molar-refractivity contribution in [1.29, 1.82) is 0 Å². The number of ether oxygens (including phenoxy) is 1. The van der Waals surface area contributed by atoms with Crippen LogP contribution in [0.5, 0.6) is 11.5 Å². The molecule has 3 aromatic carbocycles. The number of carbonyl (C=O) groups excluding carboxylic acids is 3. The summed E-state index contributed by atoms with van der Waals surface area (Å²) in [7, 11) is 0. The number of hydrogen-bond donors (Lipinski definition) is 2. The third kappa shape index (κ3) is 4.22. The highest BCUT2D eigenvalue weighted by molar-refractivity contribution is 9.10. The quantitative estimate of drug-likeness (QED) is 0.489. The minimum atomic E-state index is -1.27. The molecule has 0 radical (unpaired) electrons. The van der Waals surface area contributed by atoms with E-state index in [1.54, 1.807) is 61.5 Å². The normalized spacial score (nSPS) is 17.8. The Labute approximate surface area is 193 Å². The van der Waals surface area contributed by atoms with Crippen molar-refractivity contribution in [2.75, 3.05) is 11.9 Å². The minimum absolute atomic E-state index is 0.426. The molecule has 1 heterocycles. The lowest BCUT2D eigenvalue weighted by molar-refractivity contribution is -0.133. The molecule has 1 unspecified atom stereocenters. The van der Waals surface area contributed by atoms with Crippen molar-refractivity contribution in [3.8, 4) is 11.5 Å². The summed E-state index contributed by atoms with van der Waals surface area (Å²) in [6.07, 6.45) is 0. The SMILES string of the molecule is CC1(c2ccccc2Br)NC(=O)N(CC(=O)Nc2ccccc2Oc2ccccc2)C1=O. The first-order chi connectivity index (χ1) is 15.4. The van der Waals surface area contributed by atoms with E-state index in [0.717, 1.165) is 4.90 Å². The van der Waals surface area contributed by atoms with Gasteiger partial charge in [0.2, 0.25) is 5.91 Å². The van der Waals surface area contributed by atoms with Gasteiger partial charge in [0.05, 0.1) is 5.69 Å². The highest BCUT2D eigenvalue weighted by Crippen LogP contribution is 2.34. The van der Waals surface area contributed by atoms with Gasteiger partial charge in [-0.25, -0.2) is 4.79 Å². The first kappa shape index (κ1) is 21.6. The molecular formula is C24H20BrN3O4. The summed E-state index contributed by atoms with van der Waals surface area (Å²) in [5, 5.41) is 5.43. The highest BCUT2D eigenvalue weighted by atomic mass is 79.9. The molecule has 2 N–H and O–H groups in total. The summed E-state index contributed by atoms with van der Waals surface area (Å²) in [5.41, 5.74) is -0.226. The third-order valence-corrected chi connectivity index (χ3v) is 5.81. The summed E-state index contributed by atoms with van der Waals surface area (Å²) < 4.78 is 6.54. The fourth-order valence-corrected chi connectivity index (χ4v) is 4.18. The Morgan fingerprint density at radius 1 is 1.00 bits per heavy atom. The van der Waals surface area contributed by atoms with Crippen LogP contribution in [0, 0.1) is 0 Å². The summed E-state index contributed by atoms with van der Waals surface area (Å²) in [6, 6.07) is 22.6. The molecule has 0 spiro atoms. The molecule has 0 bridgehead atoms. The van der Waals surface area contributed by atoms with Crippen LogP contribution in [0.4, 0.5) is 10.5 Å². The standard InChI is InChI=1S/C24H20BrN3O4/c1-24(17-11-5-6-12-18(17)25)22(30)28(23(31)27-24)15-21(29)26-19-13-7-8-14-20(19)32-16-9-3-2-4-10-16/h2-14H,15H2,1H3,(H,26,29)(H,27,31). The number of nitrogens with zero attached hydrogens (tertiary/aromatic N) is 1. The molecule has 1 atom stereocenters. The van der Waals surface area contributed by atoms with Crippen LogP contribution in [0.2, 0.25) is 0 Å². The van der Waals surface area contributed by atoms with Gasteiger partial charge in [-0.3, -0.25) is 14.5 Å². The monoisotopic (exact) mass is 493 g/mol. The number of rotatable bonds is 6. The number of urea groups is 1. The number of benzene rings is 3. The van der Waals surface area contributed by atoms with Crippen LogP contribution in [0.25, 0.3) is 0 Å². The molecule has 162 valence electrons. The number of hydrogen-bond acceptors (Lipinski definition) is 4. The summed E-state index contributed by atoms with van der Waals surface area (Å²) in [5.74, 6) is 0.0437. The molecule has 0 aromatic heterocycles. The summed E-state index contributed by atoms with van der Waals surface area (Å²) in [4.78, 5) is 39.3. The molecule has 1 aliphatic rings. The smallest absolute Gasteiger partial charge is 0.325 e. The average molecular weight is 494 g/mol. The second-order valence-electron chi connectivity index (χ2n) is 7.39. The first-order valence-electron chi connectivity index (χ1n) is 9.89.